The van der Waals surface area contributed by atoms with Crippen LogP contribution in [0.15, 0.2) is 48.7 Å². The van der Waals surface area contributed by atoms with E-state index in [0.717, 1.165) is 33.8 Å². The van der Waals surface area contributed by atoms with E-state index in [4.69, 9.17) is 4.74 Å². The fraction of sp³-hybridized carbons (Fsp3) is 0.188. The average Bonchev–Trinajstić information content (AvgIpc) is 2.82. The molecule has 2 aromatic heterocycles. The van der Waals surface area contributed by atoms with E-state index in [0.29, 0.717) is 5.88 Å². The Morgan fingerprint density at radius 3 is 2.95 bits per heavy atom. The third-order valence-electron chi connectivity index (χ3n) is 3.15. The molecule has 0 aliphatic rings. The van der Waals surface area contributed by atoms with Gasteiger partial charge in [0, 0.05) is 16.3 Å². The lowest BCUT2D eigenvalue weighted by Crippen LogP contribution is -2.14. The average molecular weight is 393 g/mol. The number of nitrogens with zero attached hydrogens (tertiary/aromatic N) is 2. The Balaban J connectivity index is 2.00. The molecule has 0 aliphatic carbocycles. The molecule has 1 N–H and O–H groups in total. The summed E-state index contributed by atoms with van der Waals surface area (Å²) in [5.41, 5.74) is 1.93. The Bertz CT molecular complexity index is 754. The standard InChI is InChI=1S/C16H16IN3O/c1-2-18-11-14-16(19-15-8-3-4-9-20(14)15)21-13-7-5-6-12(17)10-13/h3-10,18H,2,11H2,1H3. The molecule has 0 spiro atoms. The molecule has 5 heteroatoms. The van der Waals surface area contributed by atoms with Gasteiger partial charge < -0.3 is 10.1 Å². The van der Waals surface area contributed by atoms with Gasteiger partial charge in [0.15, 0.2) is 0 Å². The second-order valence-electron chi connectivity index (χ2n) is 4.63. The second kappa shape index (κ2) is 6.44. The third-order valence-corrected chi connectivity index (χ3v) is 3.82. The van der Waals surface area contributed by atoms with Gasteiger partial charge in [-0.2, -0.15) is 4.98 Å². The topological polar surface area (TPSA) is 38.6 Å². The molecular formula is C16H16IN3O. The molecule has 0 amide bonds. The molecule has 3 rings (SSSR count). The van der Waals surface area contributed by atoms with E-state index in [1.165, 1.54) is 0 Å². The number of aromatic nitrogens is 2. The highest BCUT2D eigenvalue weighted by Crippen LogP contribution is 2.26. The van der Waals surface area contributed by atoms with Crippen molar-refractivity contribution in [1.29, 1.82) is 0 Å². The maximum atomic E-state index is 6.00. The van der Waals surface area contributed by atoms with Crippen LogP contribution in [0.2, 0.25) is 0 Å². The van der Waals surface area contributed by atoms with Gasteiger partial charge in [-0.1, -0.05) is 19.1 Å². The number of halogens is 1. The number of rotatable bonds is 5. The van der Waals surface area contributed by atoms with Crippen LogP contribution in [0.5, 0.6) is 11.6 Å². The molecule has 1 aromatic carbocycles. The number of ether oxygens (including phenoxy) is 1. The second-order valence-corrected chi connectivity index (χ2v) is 5.88. The van der Waals surface area contributed by atoms with Crippen LogP contribution in [0.3, 0.4) is 0 Å². The number of imidazole rings is 1. The fourth-order valence-corrected chi connectivity index (χ4v) is 2.67. The van der Waals surface area contributed by atoms with Crippen LogP contribution in [0.1, 0.15) is 12.6 Å². The molecule has 0 fully saturated rings. The van der Waals surface area contributed by atoms with Crippen molar-refractivity contribution in [2.45, 2.75) is 13.5 Å². The highest BCUT2D eigenvalue weighted by atomic mass is 127. The fourth-order valence-electron chi connectivity index (χ4n) is 2.15. The van der Waals surface area contributed by atoms with Crippen molar-refractivity contribution < 1.29 is 4.74 Å². The maximum absolute atomic E-state index is 6.00. The van der Waals surface area contributed by atoms with Crippen LogP contribution in [-0.4, -0.2) is 15.9 Å². The van der Waals surface area contributed by atoms with Gasteiger partial charge in [0.05, 0.1) is 0 Å². The molecule has 3 aromatic rings. The van der Waals surface area contributed by atoms with Gasteiger partial charge in [0.2, 0.25) is 5.88 Å². The minimum atomic E-state index is 0.657. The van der Waals surface area contributed by atoms with Gasteiger partial charge in [-0.05, 0) is 59.5 Å². The molecule has 0 aliphatic heterocycles. The molecule has 21 heavy (non-hydrogen) atoms. The highest BCUT2D eigenvalue weighted by molar-refractivity contribution is 14.1. The third kappa shape index (κ3) is 3.19. The summed E-state index contributed by atoms with van der Waals surface area (Å²) < 4.78 is 9.20. The predicted octanol–water partition coefficient (Wildman–Crippen LogP) is 3.84. The van der Waals surface area contributed by atoms with Crippen LogP contribution < -0.4 is 10.1 Å². The summed E-state index contributed by atoms with van der Waals surface area (Å²) in [6.45, 7) is 3.72. The lowest BCUT2D eigenvalue weighted by molar-refractivity contribution is 0.455. The Morgan fingerprint density at radius 2 is 2.14 bits per heavy atom. The van der Waals surface area contributed by atoms with Crippen molar-refractivity contribution >= 4 is 28.2 Å². The quantitative estimate of drug-likeness (QED) is 0.670. The Hall–Kier alpha value is -1.60. The van der Waals surface area contributed by atoms with Gasteiger partial charge in [0.1, 0.15) is 17.1 Å². The van der Waals surface area contributed by atoms with Gasteiger partial charge >= 0.3 is 0 Å². The lowest BCUT2D eigenvalue weighted by Gasteiger charge is -2.07. The molecule has 0 radical (unpaired) electrons. The molecule has 0 bridgehead atoms. The Morgan fingerprint density at radius 1 is 1.24 bits per heavy atom. The number of benzene rings is 1. The van der Waals surface area contributed by atoms with Gasteiger partial charge in [-0.25, -0.2) is 0 Å². The van der Waals surface area contributed by atoms with E-state index in [1.54, 1.807) is 0 Å². The highest BCUT2D eigenvalue weighted by Gasteiger charge is 2.13. The van der Waals surface area contributed by atoms with Gasteiger partial charge in [-0.15, -0.1) is 0 Å². The first kappa shape index (κ1) is 14.3. The number of hydrogen-bond acceptors (Lipinski definition) is 3. The number of hydrogen-bond donors (Lipinski definition) is 1. The summed E-state index contributed by atoms with van der Waals surface area (Å²) in [5.74, 6) is 1.47. The summed E-state index contributed by atoms with van der Waals surface area (Å²) in [7, 11) is 0. The van der Waals surface area contributed by atoms with Crippen molar-refractivity contribution in [2.75, 3.05) is 6.54 Å². The zero-order valence-electron chi connectivity index (χ0n) is 11.7. The van der Waals surface area contributed by atoms with E-state index in [1.807, 2.05) is 48.7 Å². The SMILES string of the molecule is CCNCc1c(Oc2cccc(I)c2)nc2ccccn12. The van der Waals surface area contributed by atoms with E-state index >= 15 is 0 Å². The summed E-state index contributed by atoms with van der Waals surface area (Å²) in [6.07, 6.45) is 2.01. The van der Waals surface area contributed by atoms with Crippen molar-refractivity contribution in [3.05, 3.63) is 57.9 Å². The Kier molecular flexibility index (Phi) is 4.40. The molecular weight excluding hydrogens is 377 g/mol. The van der Waals surface area contributed by atoms with Crippen molar-refractivity contribution in [3.63, 3.8) is 0 Å². The number of nitrogens with one attached hydrogen (secondary N) is 1. The molecule has 0 saturated heterocycles. The van der Waals surface area contributed by atoms with E-state index in [9.17, 15) is 0 Å². The summed E-state index contributed by atoms with van der Waals surface area (Å²) >= 11 is 2.28. The van der Waals surface area contributed by atoms with E-state index < -0.39 is 0 Å². The zero-order valence-corrected chi connectivity index (χ0v) is 13.9. The van der Waals surface area contributed by atoms with Crippen LogP contribution in [0.4, 0.5) is 0 Å². The molecule has 0 saturated carbocycles. The lowest BCUT2D eigenvalue weighted by atomic mass is 10.3. The van der Waals surface area contributed by atoms with Crippen molar-refractivity contribution in [3.8, 4) is 11.6 Å². The molecule has 0 unspecified atom stereocenters. The van der Waals surface area contributed by atoms with Crippen LogP contribution in [-0.2, 0) is 6.54 Å². The molecule has 0 atom stereocenters. The van der Waals surface area contributed by atoms with Gasteiger partial charge in [-0.3, -0.25) is 4.40 Å². The maximum Gasteiger partial charge on any atom is 0.242 e. The minimum Gasteiger partial charge on any atom is -0.437 e. The van der Waals surface area contributed by atoms with Gasteiger partial charge in [0.25, 0.3) is 0 Å². The van der Waals surface area contributed by atoms with Crippen molar-refractivity contribution in [1.82, 2.24) is 14.7 Å². The van der Waals surface area contributed by atoms with E-state index in [-0.39, 0.29) is 0 Å². The van der Waals surface area contributed by atoms with Crippen LogP contribution in [0.25, 0.3) is 5.65 Å². The summed E-state index contributed by atoms with van der Waals surface area (Å²) in [5, 5.41) is 3.34. The first-order valence-corrected chi connectivity index (χ1v) is 7.96. The first-order valence-electron chi connectivity index (χ1n) is 6.88. The Labute approximate surface area is 137 Å². The summed E-state index contributed by atoms with van der Waals surface area (Å²) in [6, 6.07) is 13.9. The molecule has 4 nitrogen and oxygen atoms in total. The predicted molar refractivity (Wildman–Crippen MR) is 91.8 cm³/mol. The number of fused-ring (bicyclic) bond motifs is 1. The van der Waals surface area contributed by atoms with Crippen LogP contribution >= 0.6 is 22.6 Å². The van der Waals surface area contributed by atoms with E-state index in [2.05, 4.69) is 44.2 Å². The monoisotopic (exact) mass is 393 g/mol. The minimum absolute atomic E-state index is 0.657. The molecule has 108 valence electrons. The number of pyridine rings is 1. The first-order chi connectivity index (χ1) is 10.3. The molecule has 2 heterocycles. The summed E-state index contributed by atoms with van der Waals surface area (Å²) in [4.78, 5) is 4.59. The van der Waals surface area contributed by atoms with Crippen molar-refractivity contribution in [2.24, 2.45) is 0 Å². The smallest absolute Gasteiger partial charge is 0.242 e. The van der Waals surface area contributed by atoms with Crippen LogP contribution in [0, 0.1) is 3.57 Å². The normalized spacial score (nSPS) is 11.0. The largest absolute Gasteiger partial charge is 0.437 e. The zero-order chi connectivity index (χ0) is 14.7.